The zero-order chi connectivity index (χ0) is 16.9. The predicted octanol–water partition coefficient (Wildman–Crippen LogP) is 2.59. The van der Waals surface area contributed by atoms with Gasteiger partial charge in [0, 0.05) is 0 Å². The Morgan fingerprint density at radius 2 is 1.87 bits per heavy atom. The number of ether oxygens (including phenoxy) is 1. The van der Waals surface area contributed by atoms with Crippen molar-refractivity contribution in [3.63, 3.8) is 0 Å². The summed E-state index contributed by atoms with van der Waals surface area (Å²) in [4.78, 5) is 27.3. The zero-order valence-electron chi connectivity index (χ0n) is 13.1. The van der Waals surface area contributed by atoms with Gasteiger partial charge in [0.15, 0.2) is 0 Å². The van der Waals surface area contributed by atoms with Crippen LogP contribution in [0.1, 0.15) is 25.1 Å². The molecule has 1 aromatic carbocycles. The first-order valence-corrected chi connectivity index (χ1v) is 7.14. The third kappa shape index (κ3) is 4.29. The van der Waals surface area contributed by atoms with E-state index in [0.29, 0.717) is 11.4 Å². The molecule has 0 radical (unpaired) electrons. The van der Waals surface area contributed by atoms with E-state index in [-0.39, 0.29) is 6.61 Å². The van der Waals surface area contributed by atoms with Gasteiger partial charge in [0.1, 0.15) is 6.61 Å². The molecule has 0 spiro atoms. The molecule has 0 atom stereocenters. The van der Waals surface area contributed by atoms with Gasteiger partial charge < -0.3 is 10.5 Å². The second-order valence-electron chi connectivity index (χ2n) is 5.61. The number of hydrogen-bond donors (Lipinski definition) is 2. The van der Waals surface area contributed by atoms with Gasteiger partial charge in [-0.15, -0.1) is 0 Å². The van der Waals surface area contributed by atoms with Crippen LogP contribution in [0.4, 0.5) is 10.5 Å². The van der Waals surface area contributed by atoms with Crippen LogP contribution in [0.3, 0.4) is 0 Å². The molecule has 120 valence electrons. The van der Waals surface area contributed by atoms with Gasteiger partial charge >= 0.3 is 6.09 Å². The highest BCUT2D eigenvalue weighted by Crippen LogP contribution is 2.21. The van der Waals surface area contributed by atoms with E-state index in [1.807, 2.05) is 30.3 Å². The molecule has 6 nitrogen and oxygen atoms in total. The molecule has 1 heterocycles. The van der Waals surface area contributed by atoms with Crippen LogP contribution in [0.5, 0.6) is 0 Å². The number of pyridine rings is 1. The van der Waals surface area contributed by atoms with Crippen molar-refractivity contribution in [3.05, 3.63) is 59.9 Å². The molecule has 2 rings (SSSR count). The highest BCUT2D eigenvalue weighted by atomic mass is 16.5. The number of hydrogen-bond acceptors (Lipinski definition) is 4. The van der Waals surface area contributed by atoms with Gasteiger partial charge in [0.25, 0.3) is 0 Å². The first-order valence-electron chi connectivity index (χ1n) is 7.14. The van der Waals surface area contributed by atoms with Crippen molar-refractivity contribution < 1.29 is 14.3 Å². The van der Waals surface area contributed by atoms with E-state index in [4.69, 9.17) is 10.5 Å². The molecule has 2 aromatic rings. The number of primary amides is 1. The van der Waals surface area contributed by atoms with Gasteiger partial charge in [-0.3, -0.25) is 15.1 Å². The normalized spacial score (nSPS) is 10.9. The molecule has 0 bridgehead atoms. The second kappa shape index (κ2) is 6.91. The SMILES string of the molecule is CC(C)(C(N)=O)c1ccc(NC(=O)OCc2ccccc2)cn1. The van der Waals surface area contributed by atoms with E-state index in [1.165, 1.54) is 6.20 Å². The first kappa shape index (κ1) is 16.5. The summed E-state index contributed by atoms with van der Waals surface area (Å²) < 4.78 is 5.12. The third-order valence-corrected chi connectivity index (χ3v) is 3.48. The minimum atomic E-state index is -0.869. The van der Waals surface area contributed by atoms with E-state index >= 15 is 0 Å². The Balaban J connectivity index is 1.93. The zero-order valence-corrected chi connectivity index (χ0v) is 13.1. The Kier molecular flexibility index (Phi) is 4.95. The highest BCUT2D eigenvalue weighted by Gasteiger charge is 2.28. The maximum absolute atomic E-state index is 11.7. The number of anilines is 1. The lowest BCUT2D eigenvalue weighted by Gasteiger charge is -2.19. The van der Waals surface area contributed by atoms with Crippen molar-refractivity contribution in [3.8, 4) is 0 Å². The van der Waals surface area contributed by atoms with Crippen LogP contribution in [0.15, 0.2) is 48.7 Å². The maximum Gasteiger partial charge on any atom is 0.412 e. The Bertz CT molecular complexity index is 682. The number of nitrogens with two attached hydrogens (primary N) is 1. The molecule has 3 N–H and O–H groups in total. The summed E-state index contributed by atoms with van der Waals surface area (Å²) in [6.07, 6.45) is 0.890. The topological polar surface area (TPSA) is 94.3 Å². The van der Waals surface area contributed by atoms with Crippen LogP contribution in [0.2, 0.25) is 0 Å². The van der Waals surface area contributed by atoms with Gasteiger partial charge in [-0.1, -0.05) is 30.3 Å². The van der Waals surface area contributed by atoms with E-state index < -0.39 is 17.4 Å². The number of carbonyl (C=O) groups excluding carboxylic acids is 2. The van der Waals surface area contributed by atoms with Crippen LogP contribution in [-0.2, 0) is 21.6 Å². The Morgan fingerprint density at radius 3 is 2.43 bits per heavy atom. The van der Waals surface area contributed by atoms with Crippen LogP contribution >= 0.6 is 0 Å². The van der Waals surface area contributed by atoms with Crippen molar-refractivity contribution in [2.75, 3.05) is 5.32 Å². The van der Waals surface area contributed by atoms with Crippen molar-refractivity contribution in [1.82, 2.24) is 4.98 Å². The Morgan fingerprint density at radius 1 is 1.17 bits per heavy atom. The maximum atomic E-state index is 11.7. The lowest BCUT2D eigenvalue weighted by Crippen LogP contribution is -2.36. The number of benzene rings is 1. The van der Waals surface area contributed by atoms with E-state index in [1.54, 1.807) is 26.0 Å². The first-order chi connectivity index (χ1) is 10.9. The van der Waals surface area contributed by atoms with Crippen molar-refractivity contribution >= 4 is 17.7 Å². The fourth-order valence-electron chi connectivity index (χ4n) is 1.84. The van der Waals surface area contributed by atoms with Gasteiger partial charge in [0.2, 0.25) is 5.91 Å². The summed E-state index contributed by atoms with van der Waals surface area (Å²) in [5, 5.41) is 2.58. The molecule has 6 heteroatoms. The van der Waals surface area contributed by atoms with Gasteiger partial charge in [0.05, 0.1) is 23.0 Å². The minimum absolute atomic E-state index is 0.187. The summed E-state index contributed by atoms with van der Waals surface area (Å²) in [6.45, 7) is 3.57. The number of carbonyl (C=O) groups is 2. The largest absolute Gasteiger partial charge is 0.444 e. The molecule has 0 unspecified atom stereocenters. The molecule has 1 aromatic heterocycles. The summed E-state index contributed by atoms with van der Waals surface area (Å²) in [5.74, 6) is -0.465. The Labute approximate surface area is 134 Å². The van der Waals surface area contributed by atoms with E-state index in [0.717, 1.165) is 5.56 Å². The van der Waals surface area contributed by atoms with Crippen molar-refractivity contribution in [1.29, 1.82) is 0 Å². The molecule has 0 aliphatic carbocycles. The third-order valence-electron chi connectivity index (χ3n) is 3.48. The van der Waals surface area contributed by atoms with Crippen LogP contribution < -0.4 is 11.1 Å². The van der Waals surface area contributed by atoms with Gasteiger partial charge in [-0.25, -0.2) is 4.79 Å². The smallest absolute Gasteiger partial charge is 0.412 e. The molecule has 0 aliphatic rings. The Hall–Kier alpha value is -2.89. The summed E-state index contributed by atoms with van der Waals surface area (Å²) in [6, 6.07) is 12.7. The molecule has 0 fully saturated rings. The van der Waals surface area contributed by atoms with Crippen LogP contribution in [0.25, 0.3) is 0 Å². The lowest BCUT2D eigenvalue weighted by atomic mass is 9.88. The molecule has 0 aliphatic heterocycles. The minimum Gasteiger partial charge on any atom is -0.444 e. The molecule has 2 amide bonds. The van der Waals surface area contributed by atoms with Gasteiger partial charge in [-0.2, -0.15) is 0 Å². The average molecular weight is 313 g/mol. The van der Waals surface area contributed by atoms with E-state index in [9.17, 15) is 9.59 Å². The fraction of sp³-hybridized carbons (Fsp3) is 0.235. The summed E-state index contributed by atoms with van der Waals surface area (Å²) >= 11 is 0. The summed E-state index contributed by atoms with van der Waals surface area (Å²) in [5.41, 5.74) is 6.39. The van der Waals surface area contributed by atoms with Crippen LogP contribution in [-0.4, -0.2) is 17.0 Å². The van der Waals surface area contributed by atoms with Gasteiger partial charge in [-0.05, 0) is 31.5 Å². The number of rotatable bonds is 5. The molecular formula is C17H19N3O3. The molecular weight excluding hydrogens is 294 g/mol. The lowest BCUT2D eigenvalue weighted by molar-refractivity contribution is -0.122. The van der Waals surface area contributed by atoms with E-state index in [2.05, 4.69) is 10.3 Å². The molecule has 23 heavy (non-hydrogen) atoms. The van der Waals surface area contributed by atoms with Crippen LogP contribution in [0, 0.1) is 0 Å². The quantitative estimate of drug-likeness (QED) is 0.887. The fourth-order valence-corrected chi connectivity index (χ4v) is 1.84. The average Bonchev–Trinajstić information content (AvgIpc) is 2.54. The number of amides is 2. The number of nitrogens with zero attached hydrogens (tertiary/aromatic N) is 1. The highest BCUT2D eigenvalue weighted by molar-refractivity contribution is 5.86. The molecule has 0 saturated carbocycles. The standard InChI is InChI=1S/C17H19N3O3/c1-17(2,15(18)21)14-9-8-13(10-19-14)20-16(22)23-11-12-6-4-3-5-7-12/h3-10H,11H2,1-2H3,(H2,18,21)(H,20,22). The number of nitrogens with one attached hydrogen (secondary N) is 1. The number of aromatic nitrogens is 1. The molecule has 0 saturated heterocycles. The van der Waals surface area contributed by atoms with Crippen molar-refractivity contribution in [2.24, 2.45) is 5.73 Å². The second-order valence-corrected chi connectivity index (χ2v) is 5.61. The monoisotopic (exact) mass is 313 g/mol. The van der Waals surface area contributed by atoms with Crippen molar-refractivity contribution in [2.45, 2.75) is 25.9 Å². The summed E-state index contributed by atoms with van der Waals surface area (Å²) in [7, 11) is 0. The predicted molar refractivity (Wildman–Crippen MR) is 86.7 cm³/mol.